The van der Waals surface area contributed by atoms with E-state index in [1.165, 1.54) is 0 Å². The normalized spacial score (nSPS) is 12.2. The lowest BCUT2D eigenvalue weighted by molar-refractivity contribution is -0.163. The maximum absolute atomic E-state index is 12.1. The van der Waals surface area contributed by atoms with Gasteiger partial charge in [-0.25, -0.2) is 4.79 Å². The van der Waals surface area contributed by atoms with Gasteiger partial charge in [-0.2, -0.15) is 25.3 Å². The first-order valence-electron chi connectivity index (χ1n) is 8.24. The Bertz CT molecular complexity index is 771. The minimum atomic E-state index is -1.09. The van der Waals surface area contributed by atoms with Crippen LogP contribution < -0.4 is 4.74 Å². The standard InChI is InChI=1S/C20H23ClO3S2/c1-13(2)23-18(22)19(3,4)24-17-10-8-14(9-11-17)20(25,26)15-6-5-7-16(21)12-15/h5-13,25-26H,1-4H3. The van der Waals surface area contributed by atoms with Crippen LogP contribution in [0, 0.1) is 0 Å². The van der Waals surface area contributed by atoms with Gasteiger partial charge in [0.25, 0.3) is 0 Å². The Morgan fingerprint density at radius 1 is 1.04 bits per heavy atom. The summed E-state index contributed by atoms with van der Waals surface area (Å²) >= 11 is 15.5. The monoisotopic (exact) mass is 410 g/mol. The molecule has 0 saturated carbocycles. The number of esters is 1. The van der Waals surface area contributed by atoms with Crippen LogP contribution in [-0.2, 0) is 13.6 Å². The summed E-state index contributed by atoms with van der Waals surface area (Å²) in [5, 5.41) is 0.625. The van der Waals surface area contributed by atoms with Gasteiger partial charge in [-0.1, -0.05) is 35.9 Å². The fourth-order valence-electron chi connectivity index (χ4n) is 2.32. The van der Waals surface area contributed by atoms with Gasteiger partial charge in [-0.3, -0.25) is 0 Å². The molecule has 0 fully saturated rings. The summed E-state index contributed by atoms with van der Waals surface area (Å²) < 4.78 is 10.2. The van der Waals surface area contributed by atoms with Crippen molar-refractivity contribution in [1.29, 1.82) is 0 Å². The van der Waals surface area contributed by atoms with E-state index in [1.54, 1.807) is 45.9 Å². The summed E-state index contributed by atoms with van der Waals surface area (Å²) in [7, 11) is 0. The predicted octanol–water partition coefficient (Wildman–Crippen LogP) is 5.51. The molecule has 6 heteroatoms. The fourth-order valence-corrected chi connectivity index (χ4v) is 3.09. The molecule has 0 atom stereocenters. The Balaban J connectivity index is 2.19. The molecule has 2 aromatic carbocycles. The molecular weight excluding hydrogens is 388 g/mol. The van der Waals surface area contributed by atoms with Crippen molar-refractivity contribution in [2.24, 2.45) is 0 Å². The molecule has 0 saturated heterocycles. The highest BCUT2D eigenvalue weighted by Crippen LogP contribution is 2.41. The van der Waals surface area contributed by atoms with Crippen molar-refractivity contribution < 1.29 is 14.3 Å². The van der Waals surface area contributed by atoms with Gasteiger partial charge in [0.1, 0.15) is 9.83 Å². The van der Waals surface area contributed by atoms with Crippen molar-refractivity contribution in [3.05, 3.63) is 64.7 Å². The van der Waals surface area contributed by atoms with E-state index in [0.717, 1.165) is 11.1 Å². The van der Waals surface area contributed by atoms with Crippen LogP contribution in [0.15, 0.2) is 48.5 Å². The smallest absolute Gasteiger partial charge is 0.350 e. The number of halogens is 1. The van der Waals surface area contributed by atoms with Crippen molar-refractivity contribution in [2.45, 2.75) is 43.5 Å². The van der Waals surface area contributed by atoms with Gasteiger partial charge in [0.15, 0.2) is 5.60 Å². The van der Waals surface area contributed by atoms with Crippen LogP contribution in [0.2, 0.25) is 5.02 Å². The van der Waals surface area contributed by atoms with E-state index in [-0.39, 0.29) is 6.10 Å². The first-order valence-corrected chi connectivity index (χ1v) is 9.51. The molecule has 0 amide bonds. The topological polar surface area (TPSA) is 35.5 Å². The second kappa shape index (κ2) is 8.15. The summed E-state index contributed by atoms with van der Waals surface area (Å²) in [6.07, 6.45) is -0.195. The Morgan fingerprint density at radius 2 is 1.65 bits per heavy atom. The first kappa shape index (κ1) is 21.0. The second-order valence-corrected chi connectivity index (χ2v) is 8.90. The summed E-state index contributed by atoms with van der Waals surface area (Å²) in [5.74, 6) is 0.149. The molecule has 140 valence electrons. The van der Waals surface area contributed by atoms with Gasteiger partial charge in [0.2, 0.25) is 0 Å². The molecule has 0 bridgehead atoms. The number of carbonyl (C=O) groups is 1. The maximum atomic E-state index is 12.1. The number of benzene rings is 2. The van der Waals surface area contributed by atoms with Gasteiger partial charge < -0.3 is 9.47 Å². The van der Waals surface area contributed by atoms with Crippen LogP contribution in [0.3, 0.4) is 0 Å². The van der Waals surface area contributed by atoms with E-state index in [1.807, 2.05) is 30.3 Å². The Morgan fingerprint density at radius 3 is 2.19 bits per heavy atom. The van der Waals surface area contributed by atoms with Crippen LogP contribution >= 0.6 is 36.9 Å². The minimum Gasteiger partial charge on any atom is -0.476 e. The summed E-state index contributed by atoms with van der Waals surface area (Å²) in [6.45, 7) is 6.97. The van der Waals surface area contributed by atoms with Gasteiger partial charge in [0.05, 0.1) is 6.10 Å². The third kappa shape index (κ3) is 5.12. The minimum absolute atomic E-state index is 0.195. The molecule has 26 heavy (non-hydrogen) atoms. The van der Waals surface area contributed by atoms with Crippen LogP contribution in [0.5, 0.6) is 5.75 Å². The lowest BCUT2D eigenvalue weighted by Gasteiger charge is -2.27. The van der Waals surface area contributed by atoms with E-state index >= 15 is 0 Å². The lowest BCUT2D eigenvalue weighted by atomic mass is 10.0. The number of carbonyl (C=O) groups excluding carboxylic acids is 1. The van der Waals surface area contributed by atoms with Crippen LogP contribution in [0.1, 0.15) is 38.8 Å². The average Bonchev–Trinajstić information content (AvgIpc) is 2.54. The molecule has 0 heterocycles. The molecule has 0 aromatic heterocycles. The van der Waals surface area contributed by atoms with Crippen molar-refractivity contribution in [3.8, 4) is 5.75 Å². The second-order valence-electron chi connectivity index (χ2n) is 6.77. The van der Waals surface area contributed by atoms with E-state index in [0.29, 0.717) is 10.8 Å². The first-order chi connectivity index (χ1) is 12.0. The Kier molecular flexibility index (Phi) is 6.59. The maximum Gasteiger partial charge on any atom is 0.350 e. The van der Waals surface area contributed by atoms with Gasteiger partial charge >= 0.3 is 5.97 Å². The number of hydrogen-bond donors (Lipinski definition) is 2. The number of thiol groups is 2. The molecule has 0 radical (unpaired) electrons. The largest absolute Gasteiger partial charge is 0.476 e. The number of ether oxygens (including phenoxy) is 2. The van der Waals surface area contributed by atoms with Crippen LogP contribution in [0.25, 0.3) is 0 Å². The molecule has 0 aliphatic rings. The average molecular weight is 411 g/mol. The third-order valence-electron chi connectivity index (χ3n) is 3.69. The van der Waals surface area contributed by atoms with E-state index < -0.39 is 15.6 Å². The molecular formula is C20H23ClO3S2. The van der Waals surface area contributed by atoms with Gasteiger partial charge in [-0.05, 0) is 63.1 Å². The van der Waals surface area contributed by atoms with Crippen molar-refractivity contribution >= 4 is 42.8 Å². The highest BCUT2D eigenvalue weighted by molar-refractivity contribution is 8.00. The molecule has 0 unspecified atom stereocenters. The zero-order chi connectivity index (χ0) is 19.5. The summed E-state index contributed by atoms with van der Waals surface area (Å²) in [5.41, 5.74) is 0.644. The van der Waals surface area contributed by atoms with Crippen molar-refractivity contribution in [2.75, 3.05) is 0 Å². The van der Waals surface area contributed by atoms with Gasteiger partial charge in [-0.15, -0.1) is 0 Å². The molecule has 3 nitrogen and oxygen atoms in total. The Labute approximate surface area is 170 Å². The third-order valence-corrected chi connectivity index (χ3v) is 4.96. The molecule has 0 N–H and O–H groups in total. The summed E-state index contributed by atoms with van der Waals surface area (Å²) in [6, 6.07) is 14.7. The highest BCUT2D eigenvalue weighted by Gasteiger charge is 2.33. The van der Waals surface area contributed by atoms with E-state index in [2.05, 4.69) is 0 Å². The SMILES string of the molecule is CC(C)OC(=O)C(C)(C)Oc1ccc(C(S)(S)c2cccc(Cl)c2)cc1. The van der Waals surface area contributed by atoms with Gasteiger partial charge in [0, 0.05) is 5.02 Å². The summed E-state index contributed by atoms with van der Waals surface area (Å²) in [4.78, 5) is 12.1. The lowest BCUT2D eigenvalue weighted by Crippen LogP contribution is -2.40. The van der Waals surface area contributed by atoms with Crippen LogP contribution in [0.4, 0.5) is 0 Å². The van der Waals surface area contributed by atoms with Crippen molar-refractivity contribution in [1.82, 2.24) is 0 Å². The molecule has 2 rings (SSSR count). The molecule has 0 spiro atoms. The number of rotatable bonds is 6. The number of hydrogen-bond acceptors (Lipinski definition) is 5. The molecule has 0 aliphatic carbocycles. The molecule has 0 aliphatic heterocycles. The van der Waals surface area contributed by atoms with E-state index in [4.69, 9.17) is 46.3 Å². The van der Waals surface area contributed by atoms with E-state index in [9.17, 15) is 4.79 Å². The fraction of sp³-hybridized carbons (Fsp3) is 0.350. The molecule has 2 aromatic rings. The quantitative estimate of drug-likeness (QED) is 0.374. The zero-order valence-corrected chi connectivity index (χ0v) is 17.7. The zero-order valence-electron chi connectivity index (χ0n) is 15.2. The highest BCUT2D eigenvalue weighted by atomic mass is 35.5. The predicted molar refractivity (Wildman–Crippen MR) is 113 cm³/mol. The Hall–Kier alpha value is -1.30. The van der Waals surface area contributed by atoms with Crippen molar-refractivity contribution in [3.63, 3.8) is 0 Å². The van der Waals surface area contributed by atoms with Crippen LogP contribution in [-0.4, -0.2) is 17.7 Å².